The predicted molar refractivity (Wildman–Crippen MR) is 67.4 cm³/mol. The Hall–Kier alpha value is -0.620. The van der Waals surface area contributed by atoms with E-state index in [1.165, 1.54) is 18.2 Å². The molecule has 0 unspecified atom stereocenters. The summed E-state index contributed by atoms with van der Waals surface area (Å²) in [6.07, 6.45) is 0. The number of nitrogens with one attached hydrogen (secondary N) is 1. The number of aliphatic hydroxyl groups excluding tert-OH is 1. The maximum absolute atomic E-state index is 11.9. The molecule has 1 aromatic rings. The molecule has 6 heteroatoms. The first-order valence-corrected chi connectivity index (χ1v) is 7.12. The normalized spacial score (nSPS) is 12.1. The van der Waals surface area contributed by atoms with E-state index in [9.17, 15) is 8.42 Å². The van der Waals surface area contributed by atoms with Crippen molar-refractivity contribution in [3.8, 4) is 0 Å². The summed E-state index contributed by atoms with van der Waals surface area (Å²) < 4.78 is 26.3. The van der Waals surface area contributed by atoms with E-state index in [4.69, 9.17) is 16.7 Å². The summed E-state index contributed by atoms with van der Waals surface area (Å²) in [6, 6.07) is 4.27. The van der Waals surface area contributed by atoms with Gasteiger partial charge in [-0.15, -0.1) is 0 Å². The van der Waals surface area contributed by atoms with Gasteiger partial charge in [0, 0.05) is 11.6 Å². The van der Waals surface area contributed by atoms with Crippen LogP contribution >= 0.6 is 11.6 Å². The van der Waals surface area contributed by atoms with Gasteiger partial charge >= 0.3 is 0 Å². The van der Waals surface area contributed by atoms with Gasteiger partial charge in [-0.1, -0.05) is 25.4 Å². The molecular weight excluding hydrogens is 262 g/mol. The molecule has 0 aromatic heterocycles. The van der Waals surface area contributed by atoms with E-state index < -0.39 is 10.0 Å². The van der Waals surface area contributed by atoms with Crippen molar-refractivity contribution in [3.63, 3.8) is 0 Å². The fourth-order valence-corrected chi connectivity index (χ4v) is 2.64. The first-order valence-electron chi connectivity index (χ1n) is 5.25. The van der Waals surface area contributed by atoms with Crippen LogP contribution in [0, 0.1) is 5.92 Å². The van der Waals surface area contributed by atoms with E-state index in [1.807, 2.05) is 13.8 Å². The molecule has 96 valence electrons. The smallest absolute Gasteiger partial charge is 0.240 e. The van der Waals surface area contributed by atoms with Crippen LogP contribution in [0.2, 0.25) is 5.02 Å². The molecule has 1 aromatic carbocycles. The lowest BCUT2D eigenvalue weighted by Gasteiger charge is -2.10. The predicted octanol–water partition coefficient (Wildman–Crippen LogP) is 1.77. The number of aliphatic hydroxyl groups is 1. The van der Waals surface area contributed by atoms with Crippen LogP contribution in [-0.4, -0.2) is 20.1 Å². The summed E-state index contributed by atoms with van der Waals surface area (Å²) in [5.41, 5.74) is 0.402. The van der Waals surface area contributed by atoms with Gasteiger partial charge < -0.3 is 5.11 Å². The van der Waals surface area contributed by atoms with Gasteiger partial charge in [0.05, 0.1) is 11.5 Å². The lowest BCUT2D eigenvalue weighted by Crippen LogP contribution is -2.27. The van der Waals surface area contributed by atoms with Crippen LogP contribution in [0.5, 0.6) is 0 Å². The van der Waals surface area contributed by atoms with Crippen LogP contribution in [0.1, 0.15) is 19.4 Å². The van der Waals surface area contributed by atoms with Crippen molar-refractivity contribution < 1.29 is 13.5 Å². The molecule has 0 aliphatic rings. The van der Waals surface area contributed by atoms with Gasteiger partial charge in [-0.05, 0) is 29.7 Å². The van der Waals surface area contributed by atoms with Crippen molar-refractivity contribution in [3.05, 3.63) is 28.8 Å². The van der Waals surface area contributed by atoms with Crippen molar-refractivity contribution >= 4 is 21.6 Å². The molecule has 0 amide bonds. The van der Waals surface area contributed by atoms with Gasteiger partial charge in [-0.2, -0.15) is 0 Å². The topological polar surface area (TPSA) is 66.4 Å². The largest absolute Gasteiger partial charge is 0.392 e. The summed E-state index contributed by atoms with van der Waals surface area (Å²) >= 11 is 5.80. The molecule has 17 heavy (non-hydrogen) atoms. The highest BCUT2D eigenvalue weighted by molar-refractivity contribution is 7.89. The molecular formula is C11H16ClNO3S. The molecule has 0 atom stereocenters. The van der Waals surface area contributed by atoms with Gasteiger partial charge in [0.15, 0.2) is 0 Å². The van der Waals surface area contributed by atoms with Crippen LogP contribution in [0.25, 0.3) is 0 Å². The van der Waals surface area contributed by atoms with Crippen LogP contribution in [0.3, 0.4) is 0 Å². The van der Waals surface area contributed by atoms with Gasteiger partial charge in [-0.3, -0.25) is 0 Å². The molecule has 0 bridgehead atoms. The second kappa shape index (κ2) is 5.82. The molecule has 0 radical (unpaired) electrons. The first kappa shape index (κ1) is 14.4. The molecule has 0 heterocycles. The number of rotatable bonds is 5. The van der Waals surface area contributed by atoms with Gasteiger partial charge in [0.1, 0.15) is 0 Å². The molecule has 4 nitrogen and oxygen atoms in total. The molecule has 0 saturated carbocycles. The minimum atomic E-state index is -3.52. The first-order chi connectivity index (χ1) is 7.86. The van der Waals surface area contributed by atoms with Crippen LogP contribution in [-0.2, 0) is 16.6 Å². The fourth-order valence-electron chi connectivity index (χ4n) is 1.20. The SMILES string of the molecule is CC(C)CNS(=O)(=O)c1ccc(Cl)c(CO)c1. The van der Waals surface area contributed by atoms with Crippen LogP contribution < -0.4 is 4.72 Å². The number of benzene rings is 1. The number of sulfonamides is 1. The molecule has 0 fully saturated rings. The van der Waals surface area contributed by atoms with E-state index in [0.29, 0.717) is 17.1 Å². The average Bonchev–Trinajstić information content (AvgIpc) is 2.27. The Morgan fingerprint density at radius 3 is 2.59 bits per heavy atom. The second-order valence-electron chi connectivity index (χ2n) is 4.16. The minimum Gasteiger partial charge on any atom is -0.392 e. The zero-order chi connectivity index (χ0) is 13.1. The summed E-state index contributed by atoms with van der Waals surface area (Å²) in [7, 11) is -3.52. The molecule has 1 rings (SSSR count). The van der Waals surface area contributed by atoms with Crippen molar-refractivity contribution in [2.75, 3.05) is 6.54 Å². The Labute approximate surface area is 107 Å². The average molecular weight is 278 g/mol. The Morgan fingerprint density at radius 1 is 1.41 bits per heavy atom. The fraction of sp³-hybridized carbons (Fsp3) is 0.455. The van der Waals surface area contributed by atoms with E-state index in [-0.39, 0.29) is 17.4 Å². The zero-order valence-corrected chi connectivity index (χ0v) is 11.3. The maximum atomic E-state index is 11.9. The highest BCUT2D eigenvalue weighted by Crippen LogP contribution is 2.20. The minimum absolute atomic E-state index is 0.117. The highest BCUT2D eigenvalue weighted by atomic mass is 35.5. The summed E-state index contributed by atoms with van der Waals surface area (Å²) in [5, 5.41) is 9.38. The lowest BCUT2D eigenvalue weighted by molar-refractivity contribution is 0.281. The highest BCUT2D eigenvalue weighted by Gasteiger charge is 2.15. The van der Waals surface area contributed by atoms with Gasteiger partial charge in [0.2, 0.25) is 10.0 Å². The van der Waals surface area contributed by atoms with E-state index in [0.717, 1.165) is 0 Å². The van der Waals surface area contributed by atoms with Crippen molar-refractivity contribution in [1.29, 1.82) is 0 Å². The summed E-state index contributed by atoms with van der Waals surface area (Å²) in [6.45, 7) is 3.93. The Balaban J connectivity index is 2.99. The third kappa shape index (κ3) is 3.96. The van der Waals surface area contributed by atoms with Crippen molar-refractivity contribution in [2.45, 2.75) is 25.3 Å². The van der Waals surface area contributed by atoms with E-state index in [2.05, 4.69) is 4.72 Å². The second-order valence-corrected chi connectivity index (χ2v) is 6.33. The van der Waals surface area contributed by atoms with Gasteiger partial charge in [0.25, 0.3) is 0 Å². The maximum Gasteiger partial charge on any atom is 0.240 e. The molecule has 0 aliphatic carbocycles. The molecule has 0 spiro atoms. The standard InChI is InChI=1S/C11H16ClNO3S/c1-8(2)6-13-17(15,16)10-3-4-11(12)9(5-10)7-14/h3-5,8,13-14H,6-7H2,1-2H3. The Morgan fingerprint density at radius 2 is 2.06 bits per heavy atom. The molecule has 0 aliphatic heterocycles. The van der Waals surface area contributed by atoms with Crippen molar-refractivity contribution in [2.24, 2.45) is 5.92 Å². The van der Waals surface area contributed by atoms with E-state index >= 15 is 0 Å². The quantitative estimate of drug-likeness (QED) is 0.862. The lowest BCUT2D eigenvalue weighted by atomic mass is 10.2. The summed E-state index contributed by atoms with van der Waals surface area (Å²) in [5.74, 6) is 0.231. The number of hydrogen-bond donors (Lipinski definition) is 2. The van der Waals surface area contributed by atoms with E-state index in [1.54, 1.807) is 0 Å². The number of hydrogen-bond acceptors (Lipinski definition) is 3. The third-order valence-corrected chi connectivity index (χ3v) is 3.97. The van der Waals surface area contributed by atoms with Crippen LogP contribution in [0.4, 0.5) is 0 Å². The Bertz CT molecular complexity index is 485. The molecule has 0 saturated heterocycles. The Kier molecular flexibility index (Phi) is 4.94. The van der Waals surface area contributed by atoms with Crippen molar-refractivity contribution in [1.82, 2.24) is 4.72 Å². The number of halogens is 1. The van der Waals surface area contributed by atoms with Gasteiger partial charge in [-0.25, -0.2) is 13.1 Å². The summed E-state index contributed by atoms with van der Waals surface area (Å²) in [4.78, 5) is 0.117. The monoisotopic (exact) mass is 277 g/mol. The third-order valence-electron chi connectivity index (χ3n) is 2.18. The zero-order valence-electron chi connectivity index (χ0n) is 9.77. The molecule has 2 N–H and O–H groups in total. The van der Waals surface area contributed by atoms with Crippen LogP contribution in [0.15, 0.2) is 23.1 Å².